The minimum atomic E-state index is 0.354. The van der Waals surface area contributed by atoms with Gasteiger partial charge in [-0.25, -0.2) is 15.0 Å². The van der Waals surface area contributed by atoms with Gasteiger partial charge < -0.3 is 13.3 Å². The summed E-state index contributed by atoms with van der Waals surface area (Å²) in [6.45, 7) is 3.60. The van der Waals surface area contributed by atoms with Crippen molar-refractivity contribution in [3.8, 4) is 23.2 Å². The van der Waals surface area contributed by atoms with Gasteiger partial charge >= 0.3 is 0 Å². The maximum atomic E-state index is 5.25. The zero-order valence-corrected chi connectivity index (χ0v) is 8.66. The second-order valence-electron chi connectivity index (χ2n) is 3.19. The average Bonchev–Trinajstić information content (AvgIpc) is 3.09. The molecule has 6 nitrogen and oxygen atoms in total. The number of nitrogens with zero attached hydrogens (tertiary/aromatic N) is 3. The normalized spacial score (nSPS) is 10.6. The maximum absolute atomic E-state index is 5.25. The third kappa shape index (κ3) is 1.65. The Bertz CT molecular complexity index is 637. The molecule has 3 heterocycles. The van der Waals surface area contributed by atoms with E-state index in [-0.39, 0.29) is 0 Å². The van der Waals surface area contributed by atoms with Crippen molar-refractivity contribution < 1.29 is 13.3 Å². The number of hydrogen-bond acceptors (Lipinski definition) is 6. The van der Waals surface area contributed by atoms with Crippen LogP contribution < -0.4 is 0 Å². The molecule has 3 aromatic rings. The van der Waals surface area contributed by atoms with Gasteiger partial charge in [0.2, 0.25) is 11.8 Å². The van der Waals surface area contributed by atoms with Gasteiger partial charge in [-0.15, -0.1) is 0 Å². The second kappa shape index (κ2) is 3.75. The summed E-state index contributed by atoms with van der Waals surface area (Å²) in [4.78, 5) is 12.3. The molecule has 0 aromatic carbocycles. The Morgan fingerprint density at radius 3 is 2.53 bits per heavy atom. The summed E-state index contributed by atoms with van der Waals surface area (Å²) in [5.41, 5.74) is 1.66. The van der Waals surface area contributed by atoms with Gasteiger partial charge in [-0.2, -0.15) is 0 Å². The molecule has 0 aliphatic rings. The minimum Gasteiger partial charge on any atom is -0.451 e. The van der Waals surface area contributed by atoms with E-state index in [0.29, 0.717) is 28.9 Å². The maximum Gasteiger partial charge on any atom is 0.249 e. The molecule has 0 aliphatic heterocycles. The molecule has 0 bridgehead atoms. The van der Waals surface area contributed by atoms with Crippen LogP contribution in [0.5, 0.6) is 0 Å². The topological polar surface area (TPSA) is 78.1 Å². The molecule has 3 aromatic heterocycles. The fraction of sp³-hybridized carbons (Fsp3) is 0. The third-order valence-corrected chi connectivity index (χ3v) is 2.11. The zero-order valence-electron chi connectivity index (χ0n) is 8.66. The molecule has 0 spiro atoms. The first-order valence-corrected chi connectivity index (χ1v) is 4.79. The smallest absolute Gasteiger partial charge is 0.249 e. The Morgan fingerprint density at radius 2 is 1.82 bits per heavy atom. The van der Waals surface area contributed by atoms with E-state index in [2.05, 4.69) is 21.5 Å². The molecule has 6 heteroatoms. The molecule has 0 saturated heterocycles. The first-order valence-electron chi connectivity index (χ1n) is 4.79. The predicted molar refractivity (Wildman–Crippen MR) is 57.6 cm³/mol. The lowest BCUT2D eigenvalue weighted by Gasteiger charge is -1.84. The van der Waals surface area contributed by atoms with E-state index in [0.717, 1.165) is 0 Å². The van der Waals surface area contributed by atoms with Crippen LogP contribution in [0.3, 0.4) is 0 Å². The molecule has 84 valence electrons. The molecule has 0 amide bonds. The summed E-state index contributed by atoms with van der Waals surface area (Å²) < 4.78 is 15.3. The third-order valence-electron chi connectivity index (χ3n) is 2.11. The van der Waals surface area contributed by atoms with Gasteiger partial charge in [-0.3, -0.25) is 0 Å². The molecular formula is C11H7N3O3. The molecule has 17 heavy (non-hydrogen) atoms. The Morgan fingerprint density at radius 1 is 1.00 bits per heavy atom. The number of rotatable bonds is 3. The highest BCUT2D eigenvalue weighted by atomic mass is 16.4. The lowest BCUT2D eigenvalue weighted by molar-refractivity contribution is 0.553. The van der Waals surface area contributed by atoms with Crippen LogP contribution in [0.2, 0.25) is 0 Å². The van der Waals surface area contributed by atoms with Gasteiger partial charge in [-0.1, -0.05) is 6.58 Å². The van der Waals surface area contributed by atoms with E-state index in [4.69, 9.17) is 13.3 Å². The van der Waals surface area contributed by atoms with Gasteiger partial charge in [0.05, 0.1) is 0 Å². The van der Waals surface area contributed by atoms with Crippen molar-refractivity contribution in [2.24, 2.45) is 0 Å². The van der Waals surface area contributed by atoms with E-state index in [1.807, 2.05) is 0 Å². The highest BCUT2D eigenvalue weighted by Crippen LogP contribution is 2.23. The highest BCUT2D eigenvalue weighted by Gasteiger charge is 2.14. The lowest BCUT2D eigenvalue weighted by atomic mass is 10.4. The molecule has 3 rings (SSSR count). The molecule has 0 aliphatic carbocycles. The molecule has 0 atom stereocenters. The van der Waals surface area contributed by atoms with E-state index in [1.165, 1.54) is 25.2 Å². The van der Waals surface area contributed by atoms with Crippen LogP contribution in [0.15, 0.2) is 45.0 Å². The van der Waals surface area contributed by atoms with Gasteiger partial charge in [0.15, 0.2) is 17.8 Å². The van der Waals surface area contributed by atoms with Crippen molar-refractivity contribution in [3.05, 3.63) is 37.5 Å². The standard InChI is InChI=1S/C11H7N3O3/c1-2-7-3-16-11(13-7)9-5-17-10(14-9)8-4-15-6-12-8/h2-6H,1H2. The largest absolute Gasteiger partial charge is 0.451 e. The predicted octanol–water partition coefficient (Wildman–Crippen LogP) is 2.63. The first kappa shape index (κ1) is 9.59. The fourth-order valence-electron chi connectivity index (χ4n) is 1.31. The van der Waals surface area contributed by atoms with Gasteiger partial charge in [0, 0.05) is 0 Å². The summed E-state index contributed by atoms with van der Waals surface area (Å²) in [5, 5.41) is 0. The van der Waals surface area contributed by atoms with Crippen molar-refractivity contribution in [2.75, 3.05) is 0 Å². The quantitative estimate of drug-likeness (QED) is 0.686. The fourth-order valence-corrected chi connectivity index (χ4v) is 1.31. The summed E-state index contributed by atoms with van der Waals surface area (Å²) in [5.74, 6) is 0.727. The van der Waals surface area contributed by atoms with Crippen LogP contribution >= 0.6 is 0 Å². The van der Waals surface area contributed by atoms with E-state index >= 15 is 0 Å². The van der Waals surface area contributed by atoms with Crippen molar-refractivity contribution in [1.82, 2.24) is 15.0 Å². The minimum absolute atomic E-state index is 0.354. The molecule has 0 fully saturated rings. The zero-order chi connectivity index (χ0) is 11.7. The van der Waals surface area contributed by atoms with Gasteiger partial charge in [-0.05, 0) is 6.08 Å². The molecule has 0 N–H and O–H groups in total. The summed E-state index contributed by atoms with van der Waals surface area (Å²) in [6.07, 6.45) is 7.28. The summed E-state index contributed by atoms with van der Waals surface area (Å²) >= 11 is 0. The average molecular weight is 229 g/mol. The van der Waals surface area contributed by atoms with Crippen LogP contribution in [0.4, 0.5) is 0 Å². The number of aromatic nitrogens is 3. The Kier molecular flexibility index (Phi) is 2.11. The molecule has 0 saturated carbocycles. The summed E-state index contributed by atoms with van der Waals surface area (Å²) in [6, 6.07) is 0. The van der Waals surface area contributed by atoms with Crippen molar-refractivity contribution >= 4 is 6.08 Å². The molecular weight excluding hydrogens is 222 g/mol. The SMILES string of the molecule is C=Cc1coc(-c2coc(-c3cocn3)n2)n1. The summed E-state index contributed by atoms with van der Waals surface area (Å²) in [7, 11) is 0. The Balaban J connectivity index is 1.97. The molecule has 0 unspecified atom stereocenters. The van der Waals surface area contributed by atoms with Gasteiger partial charge in [0.1, 0.15) is 24.5 Å². The van der Waals surface area contributed by atoms with Gasteiger partial charge in [0.25, 0.3) is 0 Å². The van der Waals surface area contributed by atoms with E-state index < -0.39 is 0 Å². The number of oxazole rings is 3. The number of hydrogen-bond donors (Lipinski definition) is 0. The van der Waals surface area contributed by atoms with E-state index in [1.54, 1.807) is 6.08 Å². The monoisotopic (exact) mass is 229 g/mol. The molecule has 0 radical (unpaired) electrons. The first-order chi connectivity index (χ1) is 8.36. The Labute approximate surface area is 95.6 Å². The lowest BCUT2D eigenvalue weighted by Crippen LogP contribution is -1.80. The Hall–Kier alpha value is -2.63. The van der Waals surface area contributed by atoms with Crippen LogP contribution in [0.1, 0.15) is 5.69 Å². The highest BCUT2D eigenvalue weighted by molar-refractivity contribution is 5.54. The van der Waals surface area contributed by atoms with Crippen LogP contribution in [0.25, 0.3) is 29.2 Å². The van der Waals surface area contributed by atoms with Crippen molar-refractivity contribution in [2.45, 2.75) is 0 Å². The van der Waals surface area contributed by atoms with Crippen LogP contribution in [0, 0.1) is 0 Å². The second-order valence-corrected chi connectivity index (χ2v) is 3.19. The van der Waals surface area contributed by atoms with Crippen molar-refractivity contribution in [1.29, 1.82) is 0 Å². The van der Waals surface area contributed by atoms with Crippen LogP contribution in [-0.4, -0.2) is 15.0 Å². The van der Waals surface area contributed by atoms with Crippen LogP contribution in [-0.2, 0) is 0 Å². The van der Waals surface area contributed by atoms with E-state index in [9.17, 15) is 0 Å². The van der Waals surface area contributed by atoms with Crippen molar-refractivity contribution in [3.63, 3.8) is 0 Å².